The van der Waals surface area contributed by atoms with Gasteiger partial charge in [0.2, 0.25) is 0 Å². The Balaban J connectivity index is 1.77. The Morgan fingerprint density at radius 2 is 1.80 bits per heavy atom. The van der Waals surface area contributed by atoms with Gasteiger partial charge in [0.25, 0.3) is 0 Å². The first kappa shape index (κ1) is 17.5. The molecular formula is C21H29FO3. The fourth-order valence-corrected chi connectivity index (χ4v) is 6.91. The molecule has 0 aliphatic heterocycles. The van der Waals surface area contributed by atoms with Gasteiger partial charge in [-0.1, -0.05) is 25.8 Å². The average molecular weight is 348 g/mol. The number of rotatable bonds is 0. The second kappa shape index (κ2) is 5.31. The van der Waals surface area contributed by atoms with E-state index in [0.29, 0.717) is 18.4 Å². The lowest BCUT2D eigenvalue weighted by Gasteiger charge is -2.59. The van der Waals surface area contributed by atoms with Gasteiger partial charge in [-0.15, -0.1) is 6.42 Å². The smallest absolute Gasteiger partial charge is 0.148 e. The number of aliphatic hydroxyl groups is 3. The number of terminal acetylenes is 1. The van der Waals surface area contributed by atoms with Gasteiger partial charge in [0.1, 0.15) is 11.8 Å². The normalized spacial score (nSPS) is 57.7. The van der Waals surface area contributed by atoms with Crippen molar-refractivity contribution in [1.29, 1.82) is 0 Å². The topological polar surface area (TPSA) is 60.7 Å². The molecule has 4 aliphatic rings. The van der Waals surface area contributed by atoms with Crippen molar-refractivity contribution in [2.24, 2.45) is 28.6 Å². The van der Waals surface area contributed by atoms with Crippen LogP contribution in [0.3, 0.4) is 0 Å². The van der Waals surface area contributed by atoms with Gasteiger partial charge in [-0.05, 0) is 67.3 Å². The monoisotopic (exact) mass is 348 g/mol. The van der Waals surface area contributed by atoms with Crippen LogP contribution in [0.4, 0.5) is 4.39 Å². The minimum Gasteiger partial charge on any atom is -0.390 e. The van der Waals surface area contributed by atoms with Crippen molar-refractivity contribution in [2.75, 3.05) is 0 Å². The summed E-state index contributed by atoms with van der Waals surface area (Å²) in [6.45, 7) is 4.17. The van der Waals surface area contributed by atoms with Crippen molar-refractivity contribution >= 4 is 0 Å². The molecule has 138 valence electrons. The molecule has 0 aromatic carbocycles. The Labute approximate surface area is 149 Å². The van der Waals surface area contributed by atoms with Crippen molar-refractivity contribution in [2.45, 2.75) is 76.4 Å². The van der Waals surface area contributed by atoms with Crippen LogP contribution in [0.1, 0.15) is 52.4 Å². The zero-order chi connectivity index (χ0) is 18.2. The fourth-order valence-electron chi connectivity index (χ4n) is 6.91. The summed E-state index contributed by atoms with van der Waals surface area (Å²) < 4.78 is 14.7. The lowest BCUT2D eigenvalue weighted by molar-refractivity contribution is -0.127. The summed E-state index contributed by atoms with van der Waals surface area (Å²) in [5.74, 6) is 2.95. The highest BCUT2D eigenvalue weighted by molar-refractivity contribution is 5.33. The summed E-state index contributed by atoms with van der Waals surface area (Å²) >= 11 is 0. The average Bonchev–Trinajstić information content (AvgIpc) is 2.86. The lowest BCUT2D eigenvalue weighted by atomic mass is 9.46. The summed E-state index contributed by atoms with van der Waals surface area (Å²) in [6, 6.07) is 0. The molecule has 0 saturated heterocycles. The summed E-state index contributed by atoms with van der Waals surface area (Å²) in [5.41, 5.74) is -1.23. The summed E-state index contributed by atoms with van der Waals surface area (Å²) in [6.07, 6.45) is 8.48. The molecule has 3 saturated carbocycles. The van der Waals surface area contributed by atoms with Gasteiger partial charge in [-0.3, -0.25) is 0 Å². The first-order chi connectivity index (χ1) is 11.7. The quantitative estimate of drug-likeness (QED) is 0.466. The van der Waals surface area contributed by atoms with Crippen molar-refractivity contribution in [3.05, 3.63) is 11.6 Å². The third kappa shape index (κ3) is 2.04. The molecule has 9 atom stereocenters. The summed E-state index contributed by atoms with van der Waals surface area (Å²) in [5, 5.41) is 31.8. The van der Waals surface area contributed by atoms with Gasteiger partial charge < -0.3 is 15.3 Å². The Bertz CT molecular complexity index is 654. The van der Waals surface area contributed by atoms with E-state index in [4.69, 9.17) is 6.42 Å². The fraction of sp³-hybridized carbons (Fsp3) is 0.810. The Morgan fingerprint density at radius 3 is 2.48 bits per heavy atom. The van der Waals surface area contributed by atoms with Crippen molar-refractivity contribution in [3.8, 4) is 12.3 Å². The third-order valence-corrected chi connectivity index (χ3v) is 8.54. The van der Waals surface area contributed by atoms with Crippen LogP contribution in [0.15, 0.2) is 11.6 Å². The van der Waals surface area contributed by atoms with Crippen LogP contribution in [-0.4, -0.2) is 39.3 Å². The van der Waals surface area contributed by atoms with Gasteiger partial charge >= 0.3 is 0 Å². The molecule has 4 aliphatic carbocycles. The molecular weight excluding hydrogens is 319 g/mol. The maximum absolute atomic E-state index is 14.7. The molecule has 0 spiro atoms. The molecule has 3 nitrogen and oxygen atoms in total. The molecule has 3 N–H and O–H groups in total. The number of fused-ring (bicyclic) bond motifs is 5. The van der Waals surface area contributed by atoms with E-state index < -0.39 is 29.4 Å². The van der Waals surface area contributed by atoms with Crippen LogP contribution in [-0.2, 0) is 0 Å². The Hall–Kier alpha value is -0.890. The first-order valence-electron chi connectivity index (χ1n) is 9.60. The predicted octanol–water partition coefficient (Wildman–Crippen LogP) is 2.59. The molecule has 4 heteroatoms. The number of hydrogen-bond donors (Lipinski definition) is 3. The molecule has 25 heavy (non-hydrogen) atoms. The van der Waals surface area contributed by atoms with Gasteiger partial charge in [0.15, 0.2) is 0 Å². The molecule has 0 heterocycles. The molecule has 3 fully saturated rings. The Kier molecular flexibility index (Phi) is 3.72. The molecule has 0 aromatic heterocycles. The highest BCUT2D eigenvalue weighted by Crippen LogP contribution is 2.67. The largest absolute Gasteiger partial charge is 0.390 e. The van der Waals surface area contributed by atoms with E-state index in [1.54, 1.807) is 6.08 Å². The van der Waals surface area contributed by atoms with E-state index in [2.05, 4.69) is 19.8 Å². The number of aliphatic hydroxyl groups excluding tert-OH is 2. The zero-order valence-electron chi connectivity index (χ0n) is 15.1. The first-order valence-corrected chi connectivity index (χ1v) is 9.60. The van der Waals surface area contributed by atoms with E-state index in [-0.39, 0.29) is 23.2 Å². The van der Waals surface area contributed by atoms with E-state index in [9.17, 15) is 19.7 Å². The second-order valence-corrected chi connectivity index (χ2v) is 9.33. The molecule has 0 aromatic rings. The minimum absolute atomic E-state index is 0.00248. The highest BCUT2D eigenvalue weighted by atomic mass is 19.1. The van der Waals surface area contributed by atoms with E-state index in [1.165, 1.54) is 0 Å². The van der Waals surface area contributed by atoms with Crippen molar-refractivity contribution in [1.82, 2.24) is 0 Å². The third-order valence-electron chi connectivity index (χ3n) is 8.54. The van der Waals surface area contributed by atoms with Gasteiger partial charge in [-0.2, -0.15) is 0 Å². The van der Waals surface area contributed by atoms with E-state index in [0.717, 1.165) is 25.7 Å². The maximum atomic E-state index is 14.7. The zero-order valence-corrected chi connectivity index (χ0v) is 15.1. The van der Waals surface area contributed by atoms with Gasteiger partial charge in [0, 0.05) is 5.41 Å². The van der Waals surface area contributed by atoms with Crippen molar-refractivity contribution in [3.63, 3.8) is 0 Å². The molecule has 0 unspecified atom stereocenters. The molecule has 0 bridgehead atoms. The molecule has 0 radical (unpaired) electrons. The van der Waals surface area contributed by atoms with Crippen molar-refractivity contribution < 1.29 is 19.7 Å². The van der Waals surface area contributed by atoms with Crippen LogP contribution < -0.4 is 0 Å². The van der Waals surface area contributed by atoms with Crippen LogP contribution in [0.5, 0.6) is 0 Å². The summed E-state index contributed by atoms with van der Waals surface area (Å²) in [4.78, 5) is 0. The predicted molar refractivity (Wildman–Crippen MR) is 93.2 cm³/mol. The van der Waals surface area contributed by atoms with E-state index in [1.807, 2.05) is 0 Å². The molecule has 0 amide bonds. The van der Waals surface area contributed by atoms with Gasteiger partial charge in [-0.25, -0.2) is 4.39 Å². The molecule has 4 rings (SSSR count). The minimum atomic E-state index is -1.38. The second-order valence-electron chi connectivity index (χ2n) is 9.33. The Morgan fingerprint density at radius 1 is 1.12 bits per heavy atom. The van der Waals surface area contributed by atoms with Crippen LogP contribution in [0, 0.1) is 40.9 Å². The van der Waals surface area contributed by atoms with E-state index >= 15 is 0 Å². The highest BCUT2D eigenvalue weighted by Gasteiger charge is 2.65. The number of hydrogen-bond acceptors (Lipinski definition) is 3. The standard InChI is InChI=1S/C21H29FO3/c1-4-21(25)10-6-13-17-12(5-9-20(13,21)3)19(2)8-7-15(23)18(22)14(19)11-16(17)24/h1,11-13,15-18,23-25H,5-10H2,2-3H3/t12-,13-,15-,16+,17+,18-,19+,20-,21-/m0/s1. The number of alkyl halides is 1. The van der Waals surface area contributed by atoms with Gasteiger partial charge in [0.05, 0.1) is 12.2 Å². The lowest BCUT2D eigenvalue weighted by Crippen LogP contribution is -2.58. The SMILES string of the molecule is C#C[C@]1(O)CC[C@H]2[C@@H]3[C@H](O)C=C4[C@H](F)[C@@H](O)CC[C@]4(C)[C@H]3CC[C@@]21C. The van der Waals surface area contributed by atoms with Crippen LogP contribution in [0.2, 0.25) is 0 Å². The van der Waals surface area contributed by atoms with Crippen LogP contribution in [0.25, 0.3) is 0 Å². The summed E-state index contributed by atoms with van der Waals surface area (Å²) in [7, 11) is 0. The maximum Gasteiger partial charge on any atom is 0.148 e. The van der Waals surface area contributed by atoms with Crippen LogP contribution >= 0.6 is 0 Å². The number of halogens is 1.